The summed E-state index contributed by atoms with van der Waals surface area (Å²) < 4.78 is 8.62. The Morgan fingerprint density at radius 2 is 1.93 bits per heavy atom. The van der Waals surface area contributed by atoms with Crippen LogP contribution in [-0.2, 0) is 24.4 Å². The van der Waals surface area contributed by atoms with Crippen molar-refractivity contribution in [3.63, 3.8) is 0 Å². The summed E-state index contributed by atoms with van der Waals surface area (Å²) in [4.78, 5) is 30.5. The molecule has 3 rings (SSSR count). The minimum atomic E-state index is -0.157. The molecule has 1 amide bonds. The van der Waals surface area contributed by atoms with E-state index < -0.39 is 0 Å². The molecule has 1 N–H and O–H groups in total. The van der Waals surface area contributed by atoms with Crippen LogP contribution in [0.2, 0.25) is 0 Å². The molecule has 0 bridgehead atoms. The molecule has 8 heteroatoms. The number of hydrogen-bond acceptors (Lipinski definition) is 5. The molecular weight excluding hydrogens is 400 g/mol. The van der Waals surface area contributed by atoms with Crippen LogP contribution in [0, 0.1) is 12.8 Å². The van der Waals surface area contributed by atoms with Crippen LogP contribution < -0.4 is 15.6 Å². The zero-order valence-corrected chi connectivity index (χ0v) is 18.9. The van der Waals surface area contributed by atoms with Crippen molar-refractivity contribution in [3.8, 4) is 5.75 Å². The number of carbonyl (C=O) groups is 1. The predicted octanol–water partition coefficient (Wildman–Crippen LogP) is 3.21. The van der Waals surface area contributed by atoms with Crippen LogP contribution in [0.15, 0.2) is 40.3 Å². The number of aromatic nitrogens is 3. The largest absolute Gasteiger partial charge is 0.497 e. The number of carbonyl (C=O) groups excluding carboxylic acids is 1. The molecule has 0 unspecified atom stereocenters. The molecule has 0 saturated heterocycles. The Labute approximate surface area is 180 Å². The Morgan fingerprint density at radius 1 is 1.23 bits per heavy atom. The van der Waals surface area contributed by atoms with Gasteiger partial charge in [0.25, 0.3) is 5.56 Å². The third-order valence-electron chi connectivity index (χ3n) is 4.86. The minimum Gasteiger partial charge on any atom is -0.497 e. The highest BCUT2D eigenvalue weighted by atomic mass is 32.2. The second-order valence-electron chi connectivity index (χ2n) is 7.64. The molecule has 2 aromatic heterocycles. The van der Waals surface area contributed by atoms with Crippen LogP contribution in [0.4, 0.5) is 0 Å². The van der Waals surface area contributed by atoms with Crippen LogP contribution in [-0.4, -0.2) is 33.4 Å². The third-order valence-corrected chi connectivity index (χ3v) is 5.54. The fraction of sp³-hybridized carbons (Fsp3) is 0.409. The van der Waals surface area contributed by atoms with Crippen LogP contribution in [0.3, 0.4) is 0 Å². The van der Waals surface area contributed by atoms with Crippen molar-refractivity contribution in [1.82, 2.24) is 19.4 Å². The third kappa shape index (κ3) is 4.70. The Bertz CT molecular complexity index is 1100. The van der Waals surface area contributed by atoms with Crippen LogP contribution in [0.25, 0.3) is 11.0 Å². The summed E-state index contributed by atoms with van der Waals surface area (Å²) in [5, 5.41) is 3.62. The molecular formula is C22H28N4O3S. The zero-order chi connectivity index (χ0) is 21.8. The lowest BCUT2D eigenvalue weighted by atomic mass is 10.2. The smallest absolute Gasteiger partial charge is 0.278 e. The maximum Gasteiger partial charge on any atom is 0.278 e. The Balaban J connectivity index is 1.85. The van der Waals surface area contributed by atoms with Gasteiger partial charge in [-0.05, 0) is 42.9 Å². The molecule has 1 aromatic carbocycles. The fourth-order valence-electron chi connectivity index (χ4n) is 3.38. The summed E-state index contributed by atoms with van der Waals surface area (Å²) in [6.07, 6.45) is 1.92. The number of hydrogen-bond donors (Lipinski definition) is 1. The average Bonchev–Trinajstić information content (AvgIpc) is 3.03. The van der Waals surface area contributed by atoms with Gasteiger partial charge in [0.05, 0.1) is 12.6 Å². The van der Waals surface area contributed by atoms with Crippen molar-refractivity contribution in [2.75, 3.05) is 13.4 Å². The standard InChI is InChI=1S/C22H28N4O3S/c1-14(2)12-26-21(28)20-18(24-22(26)30-5)10-15(3)25(20)13-19(27)23-11-16-6-8-17(29-4)9-7-16/h6-10,14H,11-13H2,1-5H3,(H,23,27). The molecule has 30 heavy (non-hydrogen) atoms. The highest BCUT2D eigenvalue weighted by Crippen LogP contribution is 2.20. The molecule has 0 fully saturated rings. The van der Waals surface area contributed by atoms with Crippen molar-refractivity contribution in [1.29, 1.82) is 0 Å². The highest BCUT2D eigenvalue weighted by molar-refractivity contribution is 7.98. The average molecular weight is 429 g/mol. The van der Waals surface area contributed by atoms with E-state index in [1.54, 1.807) is 16.2 Å². The molecule has 3 aromatic rings. The van der Waals surface area contributed by atoms with Gasteiger partial charge < -0.3 is 14.6 Å². The molecule has 160 valence electrons. The molecule has 0 spiro atoms. The van der Waals surface area contributed by atoms with E-state index >= 15 is 0 Å². The van der Waals surface area contributed by atoms with Gasteiger partial charge in [0.15, 0.2) is 5.16 Å². The van der Waals surface area contributed by atoms with Gasteiger partial charge in [-0.25, -0.2) is 4.98 Å². The molecule has 0 saturated carbocycles. The molecule has 0 aliphatic rings. The first-order chi connectivity index (χ1) is 14.3. The van der Waals surface area contributed by atoms with Gasteiger partial charge in [-0.15, -0.1) is 0 Å². The molecule has 2 heterocycles. The van der Waals surface area contributed by atoms with E-state index in [0.29, 0.717) is 35.2 Å². The van der Waals surface area contributed by atoms with E-state index in [1.807, 2.05) is 43.5 Å². The summed E-state index contributed by atoms with van der Waals surface area (Å²) in [6, 6.07) is 9.41. The summed E-state index contributed by atoms with van der Waals surface area (Å²) >= 11 is 1.46. The van der Waals surface area contributed by atoms with Gasteiger partial charge in [-0.1, -0.05) is 37.7 Å². The Hall–Kier alpha value is -2.74. The number of nitrogens with zero attached hydrogens (tertiary/aromatic N) is 3. The summed E-state index contributed by atoms with van der Waals surface area (Å²) in [5.74, 6) is 0.926. The molecule has 0 aliphatic heterocycles. The van der Waals surface area contributed by atoms with E-state index in [2.05, 4.69) is 24.1 Å². The molecule has 7 nitrogen and oxygen atoms in total. The number of methoxy groups -OCH3 is 1. The molecule has 0 radical (unpaired) electrons. The van der Waals surface area contributed by atoms with Crippen molar-refractivity contribution >= 4 is 28.7 Å². The maximum absolute atomic E-state index is 13.2. The van der Waals surface area contributed by atoms with Gasteiger partial charge in [-0.3, -0.25) is 14.2 Å². The predicted molar refractivity (Wildman–Crippen MR) is 120 cm³/mol. The Morgan fingerprint density at radius 3 is 2.53 bits per heavy atom. The lowest BCUT2D eigenvalue weighted by molar-refractivity contribution is -0.121. The number of rotatable bonds is 8. The highest BCUT2D eigenvalue weighted by Gasteiger charge is 2.18. The number of thioether (sulfide) groups is 1. The van der Waals surface area contributed by atoms with Gasteiger partial charge in [0, 0.05) is 18.8 Å². The summed E-state index contributed by atoms with van der Waals surface area (Å²) in [6.45, 7) is 7.10. The molecule has 0 aliphatic carbocycles. The number of aryl methyl sites for hydroxylation is 1. The summed E-state index contributed by atoms with van der Waals surface area (Å²) in [5.41, 5.74) is 2.82. The van der Waals surface area contributed by atoms with Crippen LogP contribution >= 0.6 is 11.8 Å². The van der Waals surface area contributed by atoms with E-state index in [9.17, 15) is 9.59 Å². The van der Waals surface area contributed by atoms with Crippen LogP contribution in [0.1, 0.15) is 25.1 Å². The zero-order valence-electron chi connectivity index (χ0n) is 18.1. The van der Waals surface area contributed by atoms with E-state index in [4.69, 9.17) is 4.74 Å². The van der Waals surface area contributed by atoms with Crippen molar-refractivity contribution in [3.05, 3.63) is 51.9 Å². The van der Waals surface area contributed by atoms with Crippen molar-refractivity contribution in [2.24, 2.45) is 5.92 Å². The van der Waals surface area contributed by atoms with Gasteiger partial charge in [-0.2, -0.15) is 0 Å². The first-order valence-electron chi connectivity index (χ1n) is 9.88. The lowest BCUT2D eigenvalue weighted by Crippen LogP contribution is -2.30. The van der Waals surface area contributed by atoms with Gasteiger partial charge in [0.1, 0.15) is 17.8 Å². The first kappa shape index (κ1) is 22.0. The monoisotopic (exact) mass is 428 g/mol. The second kappa shape index (κ2) is 9.38. The molecule has 0 atom stereocenters. The Kier molecular flexibility index (Phi) is 6.87. The number of benzene rings is 1. The summed E-state index contributed by atoms with van der Waals surface area (Å²) in [7, 11) is 1.62. The van der Waals surface area contributed by atoms with Crippen molar-refractivity contribution in [2.45, 2.75) is 45.6 Å². The van der Waals surface area contributed by atoms with E-state index in [0.717, 1.165) is 17.0 Å². The van der Waals surface area contributed by atoms with Crippen LogP contribution in [0.5, 0.6) is 5.75 Å². The second-order valence-corrected chi connectivity index (χ2v) is 8.41. The first-order valence-corrected chi connectivity index (χ1v) is 11.1. The van der Waals surface area contributed by atoms with Gasteiger partial charge in [0.2, 0.25) is 5.91 Å². The van der Waals surface area contributed by atoms with Crippen molar-refractivity contribution < 1.29 is 9.53 Å². The number of fused-ring (bicyclic) bond motifs is 1. The SMILES string of the molecule is COc1ccc(CNC(=O)Cn2c(C)cc3nc(SC)n(CC(C)C)c(=O)c32)cc1. The fourth-order valence-corrected chi connectivity index (χ4v) is 3.94. The quantitative estimate of drug-likeness (QED) is 0.440. The van der Waals surface area contributed by atoms with E-state index in [-0.39, 0.29) is 18.0 Å². The lowest BCUT2D eigenvalue weighted by Gasteiger charge is -2.14. The minimum absolute atomic E-state index is 0.0721. The number of nitrogens with one attached hydrogen (secondary N) is 1. The number of amides is 1. The van der Waals surface area contributed by atoms with Gasteiger partial charge >= 0.3 is 0 Å². The normalized spacial score (nSPS) is 11.3. The number of ether oxygens (including phenoxy) is 1. The topological polar surface area (TPSA) is 78.2 Å². The van der Waals surface area contributed by atoms with E-state index in [1.165, 1.54) is 11.8 Å². The maximum atomic E-state index is 13.2.